The number of ether oxygens (including phenoxy) is 1. The van der Waals surface area contributed by atoms with E-state index >= 15 is 0 Å². The lowest BCUT2D eigenvalue weighted by atomic mass is 10.1. The van der Waals surface area contributed by atoms with Gasteiger partial charge in [0, 0.05) is 42.1 Å². The van der Waals surface area contributed by atoms with Crippen LogP contribution >= 0.6 is 0 Å². The van der Waals surface area contributed by atoms with Crippen molar-refractivity contribution < 1.29 is 19.7 Å². The molecular weight excluding hydrogens is 344 g/mol. The van der Waals surface area contributed by atoms with Crippen molar-refractivity contribution in [1.82, 2.24) is 9.88 Å². The third kappa shape index (κ3) is 6.06. The van der Waals surface area contributed by atoms with Gasteiger partial charge in [0.1, 0.15) is 5.75 Å². The standard InChI is InChI=1S/C21H32N2O4/c1-14(2)23(15(3)4)12-11-16-13-22-17-7-5-8-18(21(16)17)27-20(26)10-6-9-19(24)25/h5,7-8,13-15,19,22,24-25H,6,9-12H2,1-4H3. The number of benzene rings is 1. The first-order chi connectivity index (χ1) is 12.8. The summed E-state index contributed by atoms with van der Waals surface area (Å²) in [7, 11) is 0. The third-order valence-corrected chi connectivity index (χ3v) is 4.78. The number of aromatic nitrogens is 1. The average molecular weight is 376 g/mol. The monoisotopic (exact) mass is 376 g/mol. The maximum Gasteiger partial charge on any atom is 0.311 e. The highest BCUT2D eigenvalue weighted by Crippen LogP contribution is 2.30. The van der Waals surface area contributed by atoms with Crippen LogP contribution in [0.1, 0.15) is 52.5 Å². The molecule has 0 aliphatic heterocycles. The summed E-state index contributed by atoms with van der Waals surface area (Å²) in [5, 5.41) is 18.7. The minimum Gasteiger partial charge on any atom is -0.426 e. The van der Waals surface area contributed by atoms with Crippen molar-refractivity contribution in [2.75, 3.05) is 6.54 Å². The molecule has 3 N–H and O–H groups in total. The Labute approximate surface area is 161 Å². The van der Waals surface area contributed by atoms with Crippen LogP contribution in [0.4, 0.5) is 0 Å². The Kier molecular flexibility index (Phi) is 7.83. The van der Waals surface area contributed by atoms with Gasteiger partial charge in [0.25, 0.3) is 0 Å². The number of H-pyrrole nitrogens is 1. The van der Waals surface area contributed by atoms with Gasteiger partial charge in [-0.25, -0.2) is 0 Å². The molecule has 0 aliphatic carbocycles. The Morgan fingerprint density at radius 1 is 1.19 bits per heavy atom. The molecule has 27 heavy (non-hydrogen) atoms. The van der Waals surface area contributed by atoms with E-state index < -0.39 is 6.29 Å². The summed E-state index contributed by atoms with van der Waals surface area (Å²) in [5.74, 6) is 0.195. The SMILES string of the molecule is CC(C)N(CCc1c[nH]c2cccc(OC(=O)CCCC(O)O)c12)C(C)C. The van der Waals surface area contributed by atoms with Crippen molar-refractivity contribution in [3.63, 3.8) is 0 Å². The van der Waals surface area contributed by atoms with Crippen molar-refractivity contribution in [3.8, 4) is 5.75 Å². The van der Waals surface area contributed by atoms with Gasteiger partial charge in [0.15, 0.2) is 6.29 Å². The summed E-state index contributed by atoms with van der Waals surface area (Å²) in [6.07, 6.45) is 2.16. The highest BCUT2D eigenvalue weighted by molar-refractivity contribution is 5.91. The molecule has 0 unspecified atom stereocenters. The zero-order chi connectivity index (χ0) is 20.0. The first-order valence-electron chi connectivity index (χ1n) is 9.71. The Hall–Kier alpha value is -1.89. The molecule has 0 bridgehead atoms. The Bertz CT molecular complexity index is 729. The lowest BCUT2D eigenvalue weighted by Crippen LogP contribution is -2.38. The van der Waals surface area contributed by atoms with Gasteiger partial charge in [-0.2, -0.15) is 0 Å². The average Bonchev–Trinajstić information content (AvgIpc) is 2.98. The fraction of sp³-hybridized carbons (Fsp3) is 0.571. The molecule has 0 amide bonds. The third-order valence-electron chi connectivity index (χ3n) is 4.78. The van der Waals surface area contributed by atoms with Gasteiger partial charge in [-0.3, -0.25) is 9.69 Å². The molecule has 6 nitrogen and oxygen atoms in total. The second-order valence-electron chi connectivity index (χ2n) is 7.51. The van der Waals surface area contributed by atoms with Crippen molar-refractivity contribution in [2.45, 2.75) is 71.8 Å². The van der Waals surface area contributed by atoms with E-state index in [0.717, 1.165) is 29.4 Å². The van der Waals surface area contributed by atoms with Crippen molar-refractivity contribution in [1.29, 1.82) is 0 Å². The van der Waals surface area contributed by atoms with Crippen LogP contribution in [0.5, 0.6) is 5.75 Å². The van der Waals surface area contributed by atoms with E-state index in [-0.39, 0.29) is 18.8 Å². The number of rotatable bonds is 10. The molecular formula is C21H32N2O4. The molecule has 0 spiro atoms. The number of carbonyl (C=O) groups excluding carboxylic acids is 1. The van der Waals surface area contributed by atoms with E-state index in [2.05, 4.69) is 37.6 Å². The lowest BCUT2D eigenvalue weighted by molar-refractivity contribution is -0.134. The van der Waals surface area contributed by atoms with E-state index in [1.54, 1.807) is 6.07 Å². The minimum atomic E-state index is -1.39. The quantitative estimate of drug-likeness (QED) is 0.337. The zero-order valence-electron chi connectivity index (χ0n) is 16.7. The van der Waals surface area contributed by atoms with E-state index in [9.17, 15) is 4.79 Å². The number of aliphatic hydroxyl groups is 2. The molecule has 0 atom stereocenters. The molecule has 0 saturated heterocycles. The molecule has 2 rings (SSSR count). The zero-order valence-corrected chi connectivity index (χ0v) is 16.7. The molecule has 1 heterocycles. The number of esters is 1. The predicted octanol–water partition coefficient (Wildman–Crippen LogP) is 3.22. The largest absolute Gasteiger partial charge is 0.426 e. The van der Waals surface area contributed by atoms with E-state index in [0.29, 0.717) is 24.3 Å². The topological polar surface area (TPSA) is 85.8 Å². The van der Waals surface area contributed by atoms with Crippen LogP contribution in [0, 0.1) is 0 Å². The number of aliphatic hydroxyl groups excluding tert-OH is 1. The summed E-state index contributed by atoms with van der Waals surface area (Å²) in [6, 6.07) is 6.57. The molecule has 0 radical (unpaired) electrons. The van der Waals surface area contributed by atoms with Crippen LogP contribution < -0.4 is 4.74 Å². The summed E-state index contributed by atoms with van der Waals surface area (Å²) in [6.45, 7) is 9.73. The number of hydrogen-bond acceptors (Lipinski definition) is 5. The number of fused-ring (bicyclic) bond motifs is 1. The molecule has 2 aromatic rings. The minimum absolute atomic E-state index is 0.155. The molecule has 150 valence electrons. The molecule has 1 aromatic carbocycles. The van der Waals surface area contributed by atoms with Gasteiger partial charge < -0.3 is 19.9 Å². The highest BCUT2D eigenvalue weighted by Gasteiger charge is 2.17. The fourth-order valence-corrected chi connectivity index (χ4v) is 3.47. The summed E-state index contributed by atoms with van der Waals surface area (Å²) in [5.41, 5.74) is 2.08. The van der Waals surface area contributed by atoms with Crippen LogP contribution in [0.15, 0.2) is 24.4 Å². The first kappa shape index (κ1) is 21.4. The Morgan fingerprint density at radius 3 is 2.52 bits per heavy atom. The van der Waals surface area contributed by atoms with Gasteiger partial charge in [-0.05, 0) is 64.7 Å². The van der Waals surface area contributed by atoms with Crippen LogP contribution in [-0.4, -0.2) is 51.0 Å². The smallest absolute Gasteiger partial charge is 0.311 e. The Balaban J connectivity index is 2.12. The van der Waals surface area contributed by atoms with Gasteiger partial charge in [-0.15, -0.1) is 0 Å². The van der Waals surface area contributed by atoms with Crippen LogP contribution in [0.25, 0.3) is 10.9 Å². The summed E-state index contributed by atoms with van der Waals surface area (Å²) < 4.78 is 5.57. The van der Waals surface area contributed by atoms with E-state index in [4.69, 9.17) is 14.9 Å². The number of carbonyl (C=O) groups is 1. The van der Waals surface area contributed by atoms with Crippen LogP contribution in [-0.2, 0) is 11.2 Å². The second kappa shape index (κ2) is 9.88. The second-order valence-corrected chi connectivity index (χ2v) is 7.51. The Morgan fingerprint density at radius 2 is 1.89 bits per heavy atom. The van der Waals surface area contributed by atoms with Crippen molar-refractivity contribution >= 4 is 16.9 Å². The highest BCUT2D eigenvalue weighted by atomic mass is 16.5. The fourth-order valence-electron chi connectivity index (χ4n) is 3.47. The van der Waals surface area contributed by atoms with Crippen LogP contribution in [0.2, 0.25) is 0 Å². The predicted molar refractivity (Wildman–Crippen MR) is 107 cm³/mol. The van der Waals surface area contributed by atoms with Crippen molar-refractivity contribution in [3.05, 3.63) is 30.0 Å². The van der Waals surface area contributed by atoms with E-state index in [1.807, 2.05) is 18.3 Å². The molecule has 1 aromatic heterocycles. The first-order valence-corrected chi connectivity index (χ1v) is 9.71. The summed E-state index contributed by atoms with van der Waals surface area (Å²) in [4.78, 5) is 17.8. The summed E-state index contributed by atoms with van der Waals surface area (Å²) >= 11 is 0. The van der Waals surface area contributed by atoms with Gasteiger partial charge >= 0.3 is 5.97 Å². The maximum absolute atomic E-state index is 12.1. The van der Waals surface area contributed by atoms with Gasteiger partial charge in [-0.1, -0.05) is 6.07 Å². The number of nitrogens with zero attached hydrogens (tertiary/aromatic N) is 1. The molecule has 0 aliphatic rings. The normalized spacial score (nSPS) is 12.1. The number of aromatic amines is 1. The van der Waals surface area contributed by atoms with Gasteiger partial charge in [0.2, 0.25) is 0 Å². The lowest BCUT2D eigenvalue weighted by Gasteiger charge is -2.30. The van der Waals surface area contributed by atoms with Crippen molar-refractivity contribution in [2.24, 2.45) is 0 Å². The molecule has 0 saturated carbocycles. The van der Waals surface area contributed by atoms with Crippen LogP contribution in [0.3, 0.4) is 0 Å². The number of nitrogens with one attached hydrogen (secondary N) is 1. The van der Waals surface area contributed by atoms with E-state index in [1.165, 1.54) is 0 Å². The number of hydrogen-bond donors (Lipinski definition) is 3. The van der Waals surface area contributed by atoms with Gasteiger partial charge in [0.05, 0.1) is 0 Å². The maximum atomic E-state index is 12.1. The molecule has 0 fully saturated rings. The molecule has 6 heteroatoms.